The number of thiazole rings is 1. The second-order valence-electron chi connectivity index (χ2n) is 8.88. The van der Waals surface area contributed by atoms with Gasteiger partial charge < -0.3 is 0 Å². The quantitative estimate of drug-likeness (QED) is 0.630. The number of nitrogens with zero attached hydrogens (tertiary/aromatic N) is 1. The summed E-state index contributed by atoms with van der Waals surface area (Å²) in [6.45, 7) is 6.05. The molecule has 5 nitrogen and oxygen atoms in total. The number of halogens is 2. The fraction of sp³-hybridized carbons (Fsp3) is 0.455. The Morgan fingerprint density at radius 3 is 2.23 bits per heavy atom. The first-order chi connectivity index (χ1) is 14.3. The lowest BCUT2D eigenvalue weighted by molar-refractivity contribution is -0.111. The largest absolute Gasteiger partial charge is 0.298 e. The Morgan fingerprint density at radius 1 is 1.16 bits per heavy atom. The molecule has 0 spiro atoms. The topological polar surface area (TPSA) is 76.1 Å². The second-order valence-corrected chi connectivity index (χ2v) is 11.8. The predicted molar refractivity (Wildman–Crippen MR) is 119 cm³/mol. The molecule has 0 bridgehead atoms. The molecule has 1 fully saturated rings. The van der Waals surface area contributed by atoms with Crippen molar-refractivity contribution in [1.82, 2.24) is 4.98 Å². The van der Waals surface area contributed by atoms with E-state index in [1.807, 2.05) is 26.2 Å². The molecule has 0 radical (unpaired) electrons. The average molecular weight is 469 g/mol. The highest BCUT2D eigenvalue weighted by Crippen LogP contribution is 2.34. The van der Waals surface area contributed by atoms with E-state index in [0.29, 0.717) is 10.7 Å². The number of aromatic nitrogens is 1. The van der Waals surface area contributed by atoms with Crippen LogP contribution in [0.5, 0.6) is 0 Å². The molecule has 3 rings (SSSR count). The van der Waals surface area contributed by atoms with Gasteiger partial charge in [0.05, 0.1) is 10.6 Å². The van der Waals surface area contributed by atoms with E-state index in [2.05, 4.69) is 10.3 Å². The molecule has 31 heavy (non-hydrogen) atoms. The standard InChI is InChI=1S/C22H26F2N2O3S2/c1-22(2,3)19-12-30-21(25-19)26-20(27)16(9-13-10-17(23)18(24)11-13)14-5-7-15(8-6-14)31(4,28)29/h5-9,12-13,17-18H,10-11H2,1-4H3,(H,25,26,27)/b16-9+/t13-,17+,18-. The summed E-state index contributed by atoms with van der Waals surface area (Å²) in [5, 5.41) is 5.06. The number of nitrogens with one attached hydrogen (secondary N) is 1. The zero-order chi connectivity index (χ0) is 23.0. The first-order valence-electron chi connectivity index (χ1n) is 9.92. The summed E-state index contributed by atoms with van der Waals surface area (Å²) < 4.78 is 50.9. The number of benzene rings is 1. The minimum Gasteiger partial charge on any atom is -0.298 e. The summed E-state index contributed by atoms with van der Waals surface area (Å²) in [7, 11) is -3.39. The van der Waals surface area contributed by atoms with Crippen LogP contribution in [0, 0.1) is 5.92 Å². The summed E-state index contributed by atoms with van der Waals surface area (Å²) in [6, 6.07) is 5.88. The van der Waals surface area contributed by atoms with Gasteiger partial charge >= 0.3 is 0 Å². The van der Waals surface area contributed by atoms with Gasteiger partial charge in [-0.25, -0.2) is 22.2 Å². The van der Waals surface area contributed by atoms with Crippen LogP contribution in [0.4, 0.5) is 13.9 Å². The van der Waals surface area contributed by atoms with Gasteiger partial charge in [0.15, 0.2) is 15.0 Å². The fourth-order valence-corrected chi connectivity index (χ4v) is 4.93. The molecule has 9 heteroatoms. The summed E-state index contributed by atoms with van der Waals surface area (Å²) in [4.78, 5) is 17.7. The van der Waals surface area contributed by atoms with E-state index in [1.54, 1.807) is 6.08 Å². The van der Waals surface area contributed by atoms with Crippen LogP contribution in [-0.4, -0.2) is 37.9 Å². The van der Waals surface area contributed by atoms with Crippen molar-refractivity contribution in [3.05, 3.63) is 47.0 Å². The van der Waals surface area contributed by atoms with Crippen LogP contribution < -0.4 is 5.32 Å². The smallest absolute Gasteiger partial charge is 0.257 e. The molecule has 0 saturated heterocycles. The van der Waals surface area contributed by atoms with Crippen LogP contribution in [0.25, 0.3) is 5.57 Å². The van der Waals surface area contributed by atoms with E-state index in [-0.39, 0.29) is 28.7 Å². The number of carbonyl (C=O) groups excluding carboxylic acids is 1. The molecule has 0 unspecified atom stereocenters. The predicted octanol–water partition coefficient (Wildman–Crippen LogP) is 4.95. The minimum atomic E-state index is -3.39. The van der Waals surface area contributed by atoms with Crippen molar-refractivity contribution in [2.24, 2.45) is 5.92 Å². The molecule has 1 amide bonds. The van der Waals surface area contributed by atoms with Gasteiger partial charge in [-0.05, 0) is 36.5 Å². The van der Waals surface area contributed by atoms with Crippen molar-refractivity contribution in [3.63, 3.8) is 0 Å². The molecule has 1 N–H and O–H groups in total. The third-order valence-corrected chi connectivity index (χ3v) is 7.07. The zero-order valence-corrected chi connectivity index (χ0v) is 19.5. The number of amides is 1. The van der Waals surface area contributed by atoms with Crippen LogP contribution in [0.15, 0.2) is 40.6 Å². The van der Waals surface area contributed by atoms with Crippen molar-refractivity contribution >= 4 is 37.8 Å². The van der Waals surface area contributed by atoms with E-state index < -0.39 is 34.0 Å². The zero-order valence-electron chi connectivity index (χ0n) is 17.9. The molecule has 1 aliphatic carbocycles. The second kappa shape index (κ2) is 8.78. The molecule has 2 aromatic rings. The normalized spacial score (nSPS) is 22.5. The number of hydrogen-bond acceptors (Lipinski definition) is 5. The lowest BCUT2D eigenvalue weighted by atomic mass is 9.93. The summed E-state index contributed by atoms with van der Waals surface area (Å²) in [6.07, 6.45) is -0.412. The highest BCUT2D eigenvalue weighted by atomic mass is 32.2. The van der Waals surface area contributed by atoms with Gasteiger partial charge in [0.1, 0.15) is 12.3 Å². The SMILES string of the molecule is CC(C)(C)c1csc(NC(=O)/C(=C/[C@H]2C[C@@H](F)[C@@H](F)C2)c2ccc(S(C)(=O)=O)cc2)n1. The van der Waals surface area contributed by atoms with Crippen LogP contribution in [0.3, 0.4) is 0 Å². The van der Waals surface area contributed by atoms with Crippen molar-refractivity contribution in [1.29, 1.82) is 0 Å². The summed E-state index contributed by atoms with van der Waals surface area (Å²) in [5.74, 6) is -0.888. The molecular weight excluding hydrogens is 442 g/mol. The van der Waals surface area contributed by atoms with Crippen LogP contribution in [0.1, 0.15) is 44.9 Å². The third-order valence-electron chi connectivity index (χ3n) is 5.18. The van der Waals surface area contributed by atoms with E-state index in [9.17, 15) is 22.0 Å². The molecule has 1 aromatic heterocycles. The van der Waals surface area contributed by atoms with Gasteiger partial charge in [-0.1, -0.05) is 39.0 Å². The Kier molecular flexibility index (Phi) is 6.67. The number of hydrogen-bond donors (Lipinski definition) is 1. The Morgan fingerprint density at radius 2 is 1.74 bits per heavy atom. The average Bonchev–Trinajstić information content (AvgIpc) is 3.25. The molecule has 168 valence electrons. The van der Waals surface area contributed by atoms with Gasteiger partial charge in [0, 0.05) is 22.6 Å². The summed E-state index contributed by atoms with van der Waals surface area (Å²) >= 11 is 1.30. The van der Waals surface area contributed by atoms with Crippen LogP contribution >= 0.6 is 11.3 Å². The van der Waals surface area contributed by atoms with Crippen molar-refractivity contribution < 1.29 is 22.0 Å². The Labute approximate surface area is 185 Å². The van der Waals surface area contributed by atoms with Gasteiger partial charge in [-0.15, -0.1) is 11.3 Å². The Bertz CT molecular complexity index is 1080. The molecule has 1 aliphatic rings. The van der Waals surface area contributed by atoms with Crippen molar-refractivity contribution in [3.8, 4) is 0 Å². The monoisotopic (exact) mass is 468 g/mol. The highest BCUT2D eigenvalue weighted by Gasteiger charge is 2.34. The molecule has 3 atom stereocenters. The number of carbonyl (C=O) groups is 1. The van der Waals surface area contributed by atoms with Gasteiger partial charge in [0.2, 0.25) is 0 Å². The van der Waals surface area contributed by atoms with Crippen molar-refractivity contribution in [2.45, 2.75) is 56.3 Å². The first kappa shape index (κ1) is 23.5. The molecule has 1 aromatic carbocycles. The third kappa shape index (κ3) is 5.77. The number of rotatable bonds is 5. The number of allylic oxidation sites excluding steroid dienone is 1. The van der Waals surface area contributed by atoms with E-state index in [4.69, 9.17) is 0 Å². The molecule has 0 aliphatic heterocycles. The maximum absolute atomic E-state index is 13.7. The number of anilines is 1. The Hall–Kier alpha value is -2.13. The van der Waals surface area contributed by atoms with Crippen LogP contribution in [-0.2, 0) is 20.0 Å². The summed E-state index contributed by atoms with van der Waals surface area (Å²) in [5.41, 5.74) is 1.37. The minimum absolute atomic E-state index is 0.00476. The maximum Gasteiger partial charge on any atom is 0.257 e. The highest BCUT2D eigenvalue weighted by molar-refractivity contribution is 7.90. The fourth-order valence-electron chi connectivity index (χ4n) is 3.37. The van der Waals surface area contributed by atoms with E-state index >= 15 is 0 Å². The number of alkyl halides is 2. The lowest BCUT2D eigenvalue weighted by Crippen LogP contribution is -2.16. The lowest BCUT2D eigenvalue weighted by Gasteiger charge is -2.14. The maximum atomic E-state index is 13.7. The van der Waals surface area contributed by atoms with E-state index in [0.717, 1.165) is 11.9 Å². The van der Waals surface area contributed by atoms with Crippen molar-refractivity contribution in [2.75, 3.05) is 11.6 Å². The number of sulfone groups is 1. The van der Waals surface area contributed by atoms with Gasteiger partial charge in [0.25, 0.3) is 5.91 Å². The van der Waals surface area contributed by atoms with Crippen LogP contribution in [0.2, 0.25) is 0 Å². The molecular formula is C22H26F2N2O3S2. The van der Waals surface area contributed by atoms with Gasteiger partial charge in [-0.3, -0.25) is 10.1 Å². The van der Waals surface area contributed by atoms with E-state index in [1.165, 1.54) is 35.6 Å². The first-order valence-corrected chi connectivity index (χ1v) is 12.7. The van der Waals surface area contributed by atoms with Gasteiger partial charge in [-0.2, -0.15) is 0 Å². The Balaban J connectivity index is 1.92. The molecule has 1 saturated carbocycles. The molecule has 1 heterocycles.